The number of piperidine rings is 4. The number of ketones is 1. The lowest BCUT2D eigenvalue weighted by atomic mass is 10.0. The Balaban J connectivity index is 0.509. The molecule has 0 bridgehead atoms. The van der Waals surface area contributed by atoms with Crippen LogP contribution in [0.25, 0.3) is 0 Å². The molecular weight excluding hydrogens is 1300 g/mol. The van der Waals surface area contributed by atoms with Gasteiger partial charge in [-0.2, -0.15) is 8.61 Å². The Hall–Kier alpha value is -3.92. The Labute approximate surface area is 562 Å². The molecule has 0 saturated carbocycles. The van der Waals surface area contributed by atoms with E-state index in [-0.39, 0.29) is 70.2 Å². The molecule has 506 valence electrons. The molecule has 6 atom stereocenters. The van der Waals surface area contributed by atoms with Gasteiger partial charge < -0.3 is 50.5 Å². The van der Waals surface area contributed by atoms with Gasteiger partial charge in [0.2, 0.25) is 20.0 Å². The lowest BCUT2D eigenvalue weighted by Crippen LogP contribution is -2.49. The number of nitrogens with zero attached hydrogens (tertiary/aromatic N) is 4. The van der Waals surface area contributed by atoms with Crippen LogP contribution >= 0.6 is 46.4 Å². The van der Waals surface area contributed by atoms with Crippen molar-refractivity contribution in [2.24, 2.45) is 11.5 Å². The van der Waals surface area contributed by atoms with Crippen molar-refractivity contribution < 1.29 is 54.8 Å². The first-order valence-corrected chi connectivity index (χ1v) is 37.2. The molecular formula is C66H90Cl4N8O12S2. The SMILES string of the molecule is N[C@@H]1CCCN([C@H]2Cc3c(Cl)cc(Cl)cc3[C@@H]2Oc2ccc(S(=O)(=O)N3CCC(OCCOCCCC(=O)CCCCCNC(=O)NCCOCCOC4CCN(S(=O)(=O)c5ccc(O[C@H]6c7cc(Cl)cc(Cl)c7C[C@@H]6N6CCC[C@@H](N)C6)cc5)CC4)CC3)cc2)C1. The minimum Gasteiger partial charge on any atom is -0.484 e. The zero-order valence-corrected chi connectivity index (χ0v) is 57.0. The Morgan fingerprint density at radius 1 is 0.511 bits per heavy atom. The molecule has 2 aliphatic carbocycles. The highest BCUT2D eigenvalue weighted by atomic mass is 35.5. The Kier molecular flexibility index (Phi) is 26.1. The van der Waals surface area contributed by atoms with Crippen LogP contribution in [0.15, 0.2) is 82.6 Å². The van der Waals surface area contributed by atoms with Crippen molar-refractivity contribution in [1.29, 1.82) is 0 Å². The van der Waals surface area contributed by atoms with Crippen LogP contribution in [-0.4, -0.2) is 189 Å². The Morgan fingerprint density at radius 3 is 1.42 bits per heavy atom. The third-order valence-corrected chi connectivity index (χ3v) is 23.5. The number of halogens is 4. The number of carbonyl (C=O) groups is 2. The number of unbranched alkanes of at least 4 members (excludes halogenated alkanes) is 2. The summed E-state index contributed by atoms with van der Waals surface area (Å²) in [5, 5.41) is 7.95. The van der Waals surface area contributed by atoms with Crippen molar-refractivity contribution in [3.8, 4) is 11.5 Å². The highest BCUT2D eigenvalue weighted by Crippen LogP contribution is 2.45. The van der Waals surface area contributed by atoms with Crippen LogP contribution in [0.5, 0.6) is 11.5 Å². The second-order valence-corrected chi connectivity index (χ2v) is 30.6. The summed E-state index contributed by atoms with van der Waals surface area (Å²) >= 11 is 26.2. The van der Waals surface area contributed by atoms with Crippen LogP contribution in [0, 0.1) is 0 Å². The summed E-state index contributed by atoms with van der Waals surface area (Å²) in [6.07, 6.45) is 10.7. The molecule has 0 spiro atoms. The molecule has 4 aromatic rings. The van der Waals surface area contributed by atoms with E-state index >= 15 is 0 Å². The molecule has 4 aliphatic heterocycles. The van der Waals surface area contributed by atoms with Crippen molar-refractivity contribution in [1.82, 2.24) is 29.0 Å². The summed E-state index contributed by atoms with van der Waals surface area (Å²) < 4.78 is 94.6. The molecule has 6 aliphatic rings. The van der Waals surface area contributed by atoms with E-state index in [1.807, 2.05) is 12.1 Å². The topological polar surface area (TPSA) is 247 Å². The fourth-order valence-corrected chi connectivity index (χ4v) is 17.8. The van der Waals surface area contributed by atoms with E-state index in [1.165, 1.54) is 8.61 Å². The van der Waals surface area contributed by atoms with Gasteiger partial charge in [-0.3, -0.25) is 14.6 Å². The monoisotopic (exact) mass is 1390 g/mol. The van der Waals surface area contributed by atoms with Gasteiger partial charge in [0.15, 0.2) is 0 Å². The van der Waals surface area contributed by atoms with E-state index in [9.17, 15) is 26.4 Å². The van der Waals surface area contributed by atoms with E-state index in [0.29, 0.717) is 168 Å². The van der Waals surface area contributed by atoms with Crippen LogP contribution in [0.1, 0.15) is 124 Å². The first-order chi connectivity index (χ1) is 44.4. The number of sulfonamides is 2. The lowest BCUT2D eigenvalue weighted by molar-refractivity contribution is -0.119. The van der Waals surface area contributed by atoms with Gasteiger partial charge in [0.1, 0.15) is 29.5 Å². The van der Waals surface area contributed by atoms with Crippen LogP contribution < -0.4 is 31.6 Å². The maximum Gasteiger partial charge on any atom is 0.314 e. The van der Waals surface area contributed by atoms with Crippen LogP contribution in [0.2, 0.25) is 20.1 Å². The molecule has 4 saturated heterocycles. The Morgan fingerprint density at radius 2 is 0.957 bits per heavy atom. The molecule has 92 heavy (non-hydrogen) atoms. The summed E-state index contributed by atoms with van der Waals surface area (Å²) in [6.45, 7) is 7.79. The van der Waals surface area contributed by atoms with Crippen molar-refractivity contribution in [2.75, 3.05) is 105 Å². The van der Waals surface area contributed by atoms with Crippen molar-refractivity contribution in [3.05, 3.63) is 115 Å². The van der Waals surface area contributed by atoms with E-state index in [0.717, 1.165) is 93.4 Å². The van der Waals surface area contributed by atoms with Gasteiger partial charge in [-0.05, 0) is 180 Å². The maximum absolute atomic E-state index is 13.7. The van der Waals surface area contributed by atoms with Crippen LogP contribution in [0.4, 0.5) is 4.79 Å². The minimum atomic E-state index is -3.74. The van der Waals surface area contributed by atoms with Crippen molar-refractivity contribution in [2.45, 2.75) is 161 Å². The number of benzene rings is 4. The first kappa shape index (κ1) is 70.9. The molecule has 4 fully saturated rings. The number of hydrogen-bond acceptors (Lipinski definition) is 16. The number of carbonyl (C=O) groups excluding carboxylic acids is 2. The molecule has 0 aromatic heterocycles. The molecule has 2 amide bonds. The zero-order valence-electron chi connectivity index (χ0n) is 52.3. The zero-order chi connectivity index (χ0) is 64.8. The van der Waals surface area contributed by atoms with Gasteiger partial charge in [0.25, 0.3) is 0 Å². The molecule has 10 rings (SSSR count). The third kappa shape index (κ3) is 19.0. The van der Waals surface area contributed by atoms with Crippen molar-refractivity contribution >= 4 is 78.3 Å². The molecule has 0 unspecified atom stereocenters. The quantitative estimate of drug-likeness (QED) is 0.0343. The predicted molar refractivity (Wildman–Crippen MR) is 356 cm³/mol. The predicted octanol–water partition coefficient (Wildman–Crippen LogP) is 9.52. The number of urea groups is 1. The lowest BCUT2D eigenvalue weighted by Gasteiger charge is -2.38. The molecule has 26 heteroatoms. The van der Waals surface area contributed by atoms with E-state index < -0.39 is 20.0 Å². The number of rotatable bonds is 31. The number of nitrogens with one attached hydrogen (secondary N) is 2. The van der Waals surface area contributed by atoms with Gasteiger partial charge in [-0.15, -0.1) is 0 Å². The highest BCUT2D eigenvalue weighted by molar-refractivity contribution is 7.89. The van der Waals surface area contributed by atoms with Gasteiger partial charge in [0.05, 0.1) is 67.1 Å². The standard InChI is InChI=1S/C66H90Cl4N8O12S2/c67-45-37-58-56(60(69)39-45)41-62(75-25-4-7-47(71)43-75)64(58)89-52-11-15-54(16-12-52)91(81,82)77-27-19-50(20-28-77)87-35-33-85-31-6-10-49(79)9-2-1-3-23-73-66(80)74-24-32-86-34-36-88-51-21-29-78(30-22-51)92(83,84)55-17-13-53(14-18-55)90-65-59-38-46(68)40-61(70)57(59)42-63(65)76-26-5-8-48(72)44-76/h11-18,37-40,47-48,50-51,62-65H,1-10,19-36,41-44,71-72H2,(H2,73,74,80)/t47-,48-,62+,63+,64+,65+/m1/s1. The minimum absolute atomic E-state index is 0.0191. The summed E-state index contributed by atoms with van der Waals surface area (Å²) in [7, 11) is -7.46. The summed E-state index contributed by atoms with van der Waals surface area (Å²) in [4.78, 5) is 30.0. The molecule has 20 nitrogen and oxygen atoms in total. The first-order valence-electron chi connectivity index (χ1n) is 32.8. The van der Waals surface area contributed by atoms with Crippen molar-refractivity contribution in [3.63, 3.8) is 0 Å². The highest BCUT2D eigenvalue weighted by Gasteiger charge is 2.43. The fourth-order valence-electron chi connectivity index (χ4n) is 13.7. The summed E-state index contributed by atoms with van der Waals surface area (Å²) in [5.74, 6) is 1.30. The average molecular weight is 1390 g/mol. The number of ether oxygens (including phenoxy) is 6. The largest absolute Gasteiger partial charge is 0.484 e. The molecule has 4 heterocycles. The molecule has 0 radical (unpaired) electrons. The number of nitrogens with two attached hydrogens (primary N) is 2. The second-order valence-electron chi connectivity index (χ2n) is 25.1. The van der Waals surface area contributed by atoms with Crippen LogP contribution in [0.3, 0.4) is 0 Å². The number of fused-ring (bicyclic) bond motifs is 2. The number of likely N-dealkylation sites (tertiary alicyclic amines) is 2. The summed E-state index contributed by atoms with van der Waals surface area (Å²) in [5.41, 5.74) is 16.7. The van der Waals surface area contributed by atoms with E-state index in [4.69, 9.17) is 86.3 Å². The van der Waals surface area contributed by atoms with Gasteiger partial charge in [-0.1, -0.05) is 52.8 Å². The smallest absolute Gasteiger partial charge is 0.314 e. The van der Waals surface area contributed by atoms with Gasteiger partial charge in [0, 0.05) is 115 Å². The normalized spacial score (nSPS) is 23.1. The van der Waals surface area contributed by atoms with E-state index in [1.54, 1.807) is 60.7 Å². The second kappa shape index (κ2) is 33.8. The number of Topliss-reactive ketones (excluding diaryl/α,β-unsaturated/α-hetero) is 1. The van der Waals surface area contributed by atoms with Crippen LogP contribution in [-0.2, 0) is 56.6 Å². The van der Waals surface area contributed by atoms with Gasteiger partial charge >= 0.3 is 6.03 Å². The number of amides is 2. The van der Waals surface area contributed by atoms with E-state index in [2.05, 4.69) is 20.4 Å². The molecule has 4 aromatic carbocycles. The summed E-state index contributed by atoms with van der Waals surface area (Å²) in [6, 6.07) is 20.6. The number of hydrogen-bond donors (Lipinski definition) is 4. The average Bonchev–Trinajstić information content (AvgIpc) is 1.61. The third-order valence-electron chi connectivity index (χ3n) is 18.6. The van der Waals surface area contributed by atoms with Gasteiger partial charge in [-0.25, -0.2) is 21.6 Å². The Bertz CT molecular complexity index is 3090. The maximum atomic E-state index is 13.7. The molecule has 6 N–H and O–H groups in total. The fraction of sp³-hybridized carbons (Fsp3) is 0.606.